The molecule has 3 heteroatoms. The van der Waals surface area contributed by atoms with E-state index in [0.29, 0.717) is 0 Å². The van der Waals surface area contributed by atoms with Crippen LogP contribution in [0, 0.1) is 3.57 Å². The molecule has 1 aliphatic rings. The van der Waals surface area contributed by atoms with Gasteiger partial charge in [0, 0.05) is 19.9 Å². The molecule has 0 N–H and O–H groups in total. The largest absolute Gasteiger partial charge is 0.340 e. The Labute approximate surface area is 145 Å². The highest BCUT2D eigenvalue weighted by Crippen LogP contribution is 2.48. The predicted octanol–water partition coefficient (Wildman–Crippen LogP) is 6.47. The van der Waals surface area contributed by atoms with Gasteiger partial charge >= 0.3 is 0 Å². The highest BCUT2D eigenvalue weighted by atomic mass is 127. The summed E-state index contributed by atoms with van der Waals surface area (Å²) in [5.74, 6) is 0. The molecule has 0 atom stereocenters. The molecule has 3 rings (SSSR count). The minimum absolute atomic E-state index is 1.12. The van der Waals surface area contributed by atoms with Crippen molar-refractivity contribution in [1.82, 2.24) is 0 Å². The highest BCUT2D eigenvalue weighted by molar-refractivity contribution is 14.1. The predicted molar refractivity (Wildman–Crippen MR) is 101 cm³/mol. The minimum Gasteiger partial charge on any atom is -0.340 e. The fourth-order valence-electron chi connectivity index (χ4n) is 2.74. The van der Waals surface area contributed by atoms with Crippen LogP contribution in [0.1, 0.15) is 32.6 Å². The van der Waals surface area contributed by atoms with Gasteiger partial charge in [-0.25, -0.2) is 0 Å². The number of hydrogen-bond donors (Lipinski definition) is 0. The van der Waals surface area contributed by atoms with Gasteiger partial charge < -0.3 is 4.90 Å². The van der Waals surface area contributed by atoms with Gasteiger partial charge in [-0.3, -0.25) is 0 Å². The van der Waals surface area contributed by atoms with Crippen LogP contribution in [0.4, 0.5) is 11.4 Å². The zero-order valence-electron chi connectivity index (χ0n) is 12.3. The molecular formula is C18H20INS. The zero-order chi connectivity index (χ0) is 14.7. The lowest BCUT2D eigenvalue weighted by atomic mass is 10.1. The van der Waals surface area contributed by atoms with E-state index in [0.717, 1.165) is 6.54 Å². The summed E-state index contributed by atoms with van der Waals surface area (Å²) < 4.78 is 1.31. The lowest BCUT2D eigenvalue weighted by molar-refractivity contribution is 0.665. The zero-order valence-corrected chi connectivity index (χ0v) is 15.3. The third-order valence-corrected chi connectivity index (χ3v) is 5.61. The first kappa shape index (κ1) is 15.2. The molecule has 0 bridgehead atoms. The van der Waals surface area contributed by atoms with E-state index < -0.39 is 0 Å². The van der Waals surface area contributed by atoms with Crippen LogP contribution < -0.4 is 4.90 Å². The first-order valence-electron chi connectivity index (χ1n) is 7.63. The Balaban J connectivity index is 1.90. The van der Waals surface area contributed by atoms with E-state index >= 15 is 0 Å². The normalized spacial score (nSPS) is 13.0. The summed E-state index contributed by atoms with van der Waals surface area (Å²) in [7, 11) is 0. The van der Waals surface area contributed by atoms with Crippen LogP contribution in [0.25, 0.3) is 0 Å². The average molecular weight is 409 g/mol. The monoisotopic (exact) mass is 409 g/mol. The lowest BCUT2D eigenvalue weighted by Crippen LogP contribution is -2.22. The second-order valence-corrected chi connectivity index (χ2v) is 7.72. The first-order chi connectivity index (χ1) is 10.3. The van der Waals surface area contributed by atoms with E-state index in [2.05, 4.69) is 76.9 Å². The molecule has 110 valence electrons. The summed E-state index contributed by atoms with van der Waals surface area (Å²) in [5, 5.41) is 0. The van der Waals surface area contributed by atoms with Crippen molar-refractivity contribution >= 4 is 45.7 Å². The van der Waals surface area contributed by atoms with Gasteiger partial charge in [-0.1, -0.05) is 50.1 Å². The molecule has 2 aromatic rings. The number of para-hydroxylation sites is 1. The van der Waals surface area contributed by atoms with Crippen molar-refractivity contribution in [2.75, 3.05) is 11.4 Å². The first-order valence-corrected chi connectivity index (χ1v) is 9.53. The standard InChI is InChI=1S/C18H20INS/c1-2-3-4-7-12-20-15-8-5-6-9-17(15)21-18-13-14(19)10-11-16(18)20/h5-6,8-11,13H,2-4,7,12H2,1H3. The van der Waals surface area contributed by atoms with Crippen LogP contribution in [-0.4, -0.2) is 6.54 Å². The average Bonchev–Trinajstić information content (AvgIpc) is 2.50. The Morgan fingerprint density at radius 3 is 2.62 bits per heavy atom. The van der Waals surface area contributed by atoms with E-state index in [4.69, 9.17) is 0 Å². The van der Waals surface area contributed by atoms with Crippen LogP contribution in [0.5, 0.6) is 0 Å². The summed E-state index contributed by atoms with van der Waals surface area (Å²) in [5.41, 5.74) is 2.74. The van der Waals surface area contributed by atoms with Crippen LogP contribution in [0.3, 0.4) is 0 Å². The summed E-state index contributed by atoms with van der Waals surface area (Å²) in [6, 6.07) is 15.6. The molecule has 0 unspecified atom stereocenters. The van der Waals surface area contributed by atoms with Gasteiger partial charge in [0.1, 0.15) is 0 Å². The van der Waals surface area contributed by atoms with Crippen molar-refractivity contribution < 1.29 is 0 Å². The third-order valence-electron chi connectivity index (χ3n) is 3.82. The molecule has 21 heavy (non-hydrogen) atoms. The van der Waals surface area contributed by atoms with Crippen LogP contribution in [0.2, 0.25) is 0 Å². The Bertz CT molecular complexity index is 626. The lowest BCUT2D eigenvalue weighted by Gasteiger charge is -2.33. The maximum atomic E-state index is 2.51. The molecule has 0 saturated heterocycles. The quantitative estimate of drug-likeness (QED) is 0.411. The van der Waals surface area contributed by atoms with Crippen molar-refractivity contribution in [3.8, 4) is 0 Å². The molecule has 0 fully saturated rings. The van der Waals surface area contributed by atoms with Gasteiger partial charge in [-0.2, -0.15) is 0 Å². The van der Waals surface area contributed by atoms with Gasteiger partial charge in [0.05, 0.1) is 11.4 Å². The van der Waals surface area contributed by atoms with Crippen molar-refractivity contribution in [2.45, 2.75) is 42.4 Å². The molecule has 0 radical (unpaired) electrons. The van der Waals surface area contributed by atoms with E-state index in [1.165, 1.54) is 50.4 Å². The molecule has 1 heterocycles. The highest BCUT2D eigenvalue weighted by Gasteiger charge is 2.22. The van der Waals surface area contributed by atoms with Gasteiger partial charge in [0.15, 0.2) is 0 Å². The van der Waals surface area contributed by atoms with Crippen molar-refractivity contribution in [3.05, 3.63) is 46.0 Å². The molecule has 0 aromatic heterocycles. The smallest absolute Gasteiger partial charge is 0.0553 e. The summed E-state index contributed by atoms with van der Waals surface area (Å²) >= 11 is 4.30. The number of halogens is 1. The molecule has 2 aromatic carbocycles. The molecule has 0 spiro atoms. The van der Waals surface area contributed by atoms with Gasteiger partial charge in [0.25, 0.3) is 0 Å². The van der Waals surface area contributed by atoms with E-state index in [9.17, 15) is 0 Å². The Hall–Kier alpha value is -0.680. The maximum Gasteiger partial charge on any atom is 0.0553 e. The molecule has 0 aliphatic carbocycles. The maximum absolute atomic E-state index is 2.51. The molecular weight excluding hydrogens is 389 g/mol. The molecule has 0 amide bonds. The van der Waals surface area contributed by atoms with E-state index in [1.807, 2.05) is 11.8 Å². The Morgan fingerprint density at radius 2 is 1.76 bits per heavy atom. The summed E-state index contributed by atoms with van der Waals surface area (Å²) in [6.07, 6.45) is 5.21. The Kier molecular flexibility index (Phi) is 5.11. The third kappa shape index (κ3) is 3.39. The van der Waals surface area contributed by atoms with E-state index in [-0.39, 0.29) is 0 Å². The van der Waals surface area contributed by atoms with Gasteiger partial charge in [-0.15, -0.1) is 0 Å². The number of nitrogens with zero attached hydrogens (tertiary/aromatic N) is 1. The summed E-state index contributed by atoms with van der Waals surface area (Å²) in [4.78, 5) is 5.27. The second kappa shape index (κ2) is 7.05. The molecule has 0 saturated carbocycles. The molecule has 1 nitrogen and oxygen atoms in total. The van der Waals surface area contributed by atoms with Crippen LogP contribution in [-0.2, 0) is 0 Å². The summed E-state index contributed by atoms with van der Waals surface area (Å²) in [6.45, 7) is 3.38. The van der Waals surface area contributed by atoms with Crippen molar-refractivity contribution in [2.24, 2.45) is 0 Å². The van der Waals surface area contributed by atoms with E-state index in [1.54, 1.807) is 0 Å². The Morgan fingerprint density at radius 1 is 0.952 bits per heavy atom. The minimum atomic E-state index is 1.12. The topological polar surface area (TPSA) is 3.24 Å². The van der Waals surface area contributed by atoms with Gasteiger partial charge in [0.2, 0.25) is 0 Å². The number of benzene rings is 2. The number of rotatable bonds is 5. The van der Waals surface area contributed by atoms with Crippen molar-refractivity contribution in [1.29, 1.82) is 0 Å². The van der Waals surface area contributed by atoms with Gasteiger partial charge in [-0.05, 0) is 59.3 Å². The van der Waals surface area contributed by atoms with Crippen LogP contribution >= 0.6 is 34.4 Å². The van der Waals surface area contributed by atoms with Crippen LogP contribution in [0.15, 0.2) is 52.3 Å². The number of fused-ring (bicyclic) bond motifs is 2. The number of unbranched alkanes of at least 4 members (excludes halogenated alkanes) is 3. The second-order valence-electron chi connectivity index (χ2n) is 5.39. The number of anilines is 2. The fourth-order valence-corrected chi connectivity index (χ4v) is 4.58. The van der Waals surface area contributed by atoms with Crippen molar-refractivity contribution in [3.63, 3.8) is 0 Å². The molecule has 1 aliphatic heterocycles. The fraction of sp³-hybridized carbons (Fsp3) is 0.333. The SMILES string of the molecule is CCCCCCN1c2ccccc2Sc2cc(I)ccc21. The number of hydrogen-bond acceptors (Lipinski definition) is 2.